The Hall–Kier alpha value is -0.430. The molecule has 0 unspecified atom stereocenters. The van der Waals surface area contributed by atoms with Crippen molar-refractivity contribution >= 4 is 26.0 Å². The van der Waals surface area contributed by atoms with Crippen LogP contribution in [0.4, 0.5) is 0 Å². The van der Waals surface area contributed by atoms with Gasteiger partial charge in [-0.1, -0.05) is 35.8 Å². The number of sulfonamides is 1. The fourth-order valence-electron chi connectivity index (χ4n) is 1.85. The Morgan fingerprint density at radius 2 is 1.89 bits per heavy atom. The van der Waals surface area contributed by atoms with Crippen molar-refractivity contribution in [1.29, 1.82) is 0 Å². The van der Waals surface area contributed by atoms with E-state index in [-0.39, 0.29) is 11.5 Å². The van der Waals surface area contributed by atoms with Crippen LogP contribution < -0.4 is 4.72 Å². The number of aryl methyl sites for hydroxylation is 1. The van der Waals surface area contributed by atoms with Crippen molar-refractivity contribution in [2.75, 3.05) is 6.61 Å². The zero-order chi connectivity index (χ0) is 14.7. The minimum absolute atomic E-state index is 0.216. The first kappa shape index (κ1) is 16.6. The van der Waals surface area contributed by atoms with Crippen LogP contribution in [0, 0.1) is 6.92 Å². The van der Waals surface area contributed by atoms with Crippen LogP contribution in [0.25, 0.3) is 0 Å². The van der Waals surface area contributed by atoms with E-state index in [9.17, 15) is 13.5 Å². The summed E-state index contributed by atoms with van der Waals surface area (Å²) in [5.41, 5.74) is -0.122. The predicted octanol–water partition coefficient (Wildman–Crippen LogP) is 2.59. The van der Waals surface area contributed by atoms with Crippen molar-refractivity contribution in [1.82, 2.24) is 4.72 Å². The lowest BCUT2D eigenvalue weighted by Gasteiger charge is -2.30. The summed E-state index contributed by atoms with van der Waals surface area (Å²) >= 11 is 3.28. The SMILES string of the molecule is CCC(CC)(CO)NS(=O)(=O)c1cc(Br)ccc1C. The summed E-state index contributed by atoms with van der Waals surface area (Å²) < 4.78 is 28.3. The van der Waals surface area contributed by atoms with E-state index in [1.165, 1.54) is 0 Å². The van der Waals surface area contributed by atoms with E-state index in [1.54, 1.807) is 25.1 Å². The van der Waals surface area contributed by atoms with Crippen molar-refractivity contribution in [3.8, 4) is 0 Å². The second-order valence-corrected chi connectivity index (χ2v) is 7.23. The smallest absolute Gasteiger partial charge is 0.241 e. The Morgan fingerprint density at radius 1 is 1.32 bits per heavy atom. The second-order valence-electron chi connectivity index (χ2n) is 4.66. The van der Waals surface area contributed by atoms with E-state index < -0.39 is 15.6 Å². The standard InChI is InChI=1S/C13H20BrNO3S/c1-4-13(5-2,9-16)15-19(17,18)12-8-11(14)7-6-10(12)3/h6-8,15-16H,4-5,9H2,1-3H3. The van der Waals surface area contributed by atoms with Gasteiger partial charge in [-0.3, -0.25) is 0 Å². The molecular weight excluding hydrogens is 330 g/mol. The van der Waals surface area contributed by atoms with Crippen LogP contribution in [0.15, 0.2) is 27.6 Å². The fraction of sp³-hybridized carbons (Fsp3) is 0.538. The highest BCUT2D eigenvalue weighted by molar-refractivity contribution is 9.10. The van der Waals surface area contributed by atoms with Crippen molar-refractivity contribution in [3.05, 3.63) is 28.2 Å². The highest BCUT2D eigenvalue weighted by Gasteiger charge is 2.32. The van der Waals surface area contributed by atoms with Gasteiger partial charge in [0, 0.05) is 4.47 Å². The number of aliphatic hydroxyl groups excluding tert-OH is 1. The number of aliphatic hydroxyl groups is 1. The fourth-order valence-corrected chi connectivity index (χ4v) is 4.17. The van der Waals surface area contributed by atoms with Gasteiger partial charge in [0.2, 0.25) is 10.0 Å². The highest BCUT2D eigenvalue weighted by Crippen LogP contribution is 2.24. The molecule has 0 radical (unpaired) electrons. The average molecular weight is 350 g/mol. The molecule has 0 aliphatic rings. The Balaban J connectivity index is 3.21. The van der Waals surface area contributed by atoms with Crippen LogP contribution in [0.2, 0.25) is 0 Å². The minimum atomic E-state index is -3.65. The van der Waals surface area contributed by atoms with E-state index >= 15 is 0 Å². The van der Waals surface area contributed by atoms with E-state index in [0.29, 0.717) is 22.9 Å². The molecule has 0 spiro atoms. The van der Waals surface area contributed by atoms with Crippen molar-refractivity contribution in [2.24, 2.45) is 0 Å². The summed E-state index contributed by atoms with van der Waals surface area (Å²) in [4.78, 5) is 0.238. The molecule has 6 heteroatoms. The summed E-state index contributed by atoms with van der Waals surface area (Å²) in [5.74, 6) is 0. The van der Waals surface area contributed by atoms with E-state index in [2.05, 4.69) is 20.7 Å². The van der Waals surface area contributed by atoms with Crippen LogP contribution in [-0.4, -0.2) is 25.7 Å². The summed E-state index contributed by atoms with van der Waals surface area (Å²) in [6.07, 6.45) is 1.07. The van der Waals surface area contributed by atoms with Gasteiger partial charge in [0.15, 0.2) is 0 Å². The monoisotopic (exact) mass is 349 g/mol. The Kier molecular flexibility index (Phi) is 5.55. The molecule has 0 bridgehead atoms. The normalized spacial score (nSPS) is 12.7. The molecule has 0 aromatic heterocycles. The summed E-state index contributed by atoms with van der Waals surface area (Å²) in [6.45, 7) is 5.25. The molecule has 0 amide bonds. The number of hydrogen-bond acceptors (Lipinski definition) is 3. The lowest BCUT2D eigenvalue weighted by Crippen LogP contribution is -2.50. The molecule has 1 rings (SSSR count). The molecule has 0 atom stereocenters. The number of hydrogen-bond donors (Lipinski definition) is 2. The summed E-state index contributed by atoms with van der Waals surface area (Å²) in [6, 6.07) is 5.12. The van der Waals surface area contributed by atoms with Gasteiger partial charge < -0.3 is 5.11 Å². The number of halogens is 1. The van der Waals surface area contributed by atoms with Gasteiger partial charge in [-0.15, -0.1) is 0 Å². The van der Waals surface area contributed by atoms with Gasteiger partial charge in [0.05, 0.1) is 17.0 Å². The summed E-state index contributed by atoms with van der Waals surface area (Å²) in [7, 11) is -3.65. The second kappa shape index (κ2) is 6.35. The highest BCUT2D eigenvalue weighted by atomic mass is 79.9. The molecule has 108 valence electrons. The van der Waals surface area contributed by atoms with Gasteiger partial charge in [0.1, 0.15) is 0 Å². The van der Waals surface area contributed by atoms with E-state index in [4.69, 9.17) is 0 Å². The molecule has 0 aliphatic heterocycles. The largest absolute Gasteiger partial charge is 0.394 e. The average Bonchev–Trinajstić information content (AvgIpc) is 2.39. The number of nitrogens with one attached hydrogen (secondary N) is 1. The maximum absolute atomic E-state index is 12.5. The van der Waals surface area contributed by atoms with Crippen molar-refractivity contribution < 1.29 is 13.5 Å². The molecular formula is C13H20BrNO3S. The zero-order valence-corrected chi connectivity index (χ0v) is 13.8. The first-order valence-corrected chi connectivity index (χ1v) is 8.49. The lowest BCUT2D eigenvalue weighted by molar-refractivity contribution is 0.172. The van der Waals surface area contributed by atoms with Crippen LogP contribution in [0.3, 0.4) is 0 Å². The van der Waals surface area contributed by atoms with Gasteiger partial charge in [-0.2, -0.15) is 0 Å². The van der Waals surface area contributed by atoms with Gasteiger partial charge in [-0.05, 0) is 37.5 Å². The molecule has 1 aromatic carbocycles. The van der Waals surface area contributed by atoms with Gasteiger partial charge in [-0.25, -0.2) is 13.1 Å². The van der Waals surface area contributed by atoms with Crippen LogP contribution >= 0.6 is 15.9 Å². The Bertz CT molecular complexity index is 531. The van der Waals surface area contributed by atoms with Gasteiger partial charge in [0.25, 0.3) is 0 Å². The molecule has 2 N–H and O–H groups in total. The van der Waals surface area contributed by atoms with E-state index in [0.717, 1.165) is 0 Å². The lowest BCUT2D eigenvalue weighted by atomic mass is 9.96. The molecule has 0 fully saturated rings. The van der Waals surface area contributed by atoms with Crippen molar-refractivity contribution in [2.45, 2.75) is 44.0 Å². The van der Waals surface area contributed by atoms with Crippen LogP contribution in [0.1, 0.15) is 32.3 Å². The topological polar surface area (TPSA) is 66.4 Å². The zero-order valence-electron chi connectivity index (χ0n) is 11.4. The molecule has 1 aromatic rings. The third-order valence-corrected chi connectivity index (χ3v) is 5.66. The molecule has 0 saturated heterocycles. The molecule has 4 nitrogen and oxygen atoms in total. The third kappa shape index (κ3) is 3.78. The van der Waals surface area contributed by atoms with Crippen molar-refractivity contribution in [3.63, 3.8) is 0 Å². The maximum Gasteiger partial charge on any atom is 0.241 e. The Labute approximate surface area is 123 Å². The summed E-state index contributed by atoms with van der Waals surface area (Å²) in [5, 5.41) is 9.47. The number of rotatable bonds is 6. The third-order valence-electron chi connectivity index (χ3n) is 3.45. The predicted molar refractivity (Wildman–Crippen MR) is 79.6 cm³/mol. The first-order chi connectivity index (χ1) is 8.80. The van der Waals surface area contributed by atoms with Crippen LogP contribution in [-0.2, 0) is 10.0 Å². The molecule has 19 heavy (non-hydrogen) atoms. The molecule has 0 heterocycles. The molecule has 0 saturated carbocycles. The first-order valence-electron chi connectivity index (χ1n) is 6.21. The minimum Gasteiger partial charge on any atom is -0.394 e. The number of benzene rings is 1. The van der Waals surface area contributed by atoms with Gasteiger partial charge >= 0.3 is 0 Å². The van der Waals surface area contributed by atoms with E-state index in [1.807, 2.05) is 13.8 Å². The quantitative estimate of drug-likeness (QED) is 0.829. The molecule has 0 aliphatic carbocycles. The maximum atomic E-state index is 12.5. The van der Waals surface area contributed by atoms with Crippen LogP contribution in [0.5, 0.6) is 0 Å². The Morgan fingerprint density at radius 3 is 2.37 bits per heavy atom.